The molecule has 0 aromatic heterocycles. The molecule has 0 amide bonds. The smallest absolute Gasteiger partial charge is 0.0107 e. The second-order valence-electron chi connectivity index (χ2n) is 7.24. The first kappa shape index (κ1) is 14.8. The lowest BCUT2D eigenvalue weighted by Gasteiger charge is -2.37. The number of likely N-dealkylation sites (tertiary alicyclic amines) is 2. The number of nitrogens with one attached hydrogen (secondary N) is 1. The molecule has 0 aliphatic carbocycles. The summed E-state index contributed by atoms with van der Waals surface area (Å²) in [6.45, 7) is 12.9. The van der Waals surface area contributed by atoms with Gasteiger partial charge in [-0.25, -0.2) is 0 Å². The number of hydrogen-bond acceptors (Lipinski definition) is 4. The van der Waals surface area contributed by atoms with Crippen molar-refractivity contribution in [1.29, 1.82) is 0 Å². The number of piperidine rings is 1. The zero-order chi connectivity index (χ0) is 13.8. The van der Waals surface area contributed by atoms with Gasteiger partial charge in [0, 0.05) is 52.4 Å². The summed E-state index contributed by atoms with van der Waals surface area (Å²) in [5.74, 6) is 1.85. The molecule has 0 saturated carbocycles. The van der Waals surface area contributed by atoms with E-state index in [0.717, 1.165) is 11.8 Å². The summed E-state index contributed by atoms with van der Waals surface area (Å²) in [4.78, 5) is 7.93. The number of rotatable bonds is 4. The molecule has 3 saturated heterocycles. The lowest BCUT2D eigenvalue weighted by molar-refractivity contribution is 0.114. The summed E-state index contributed by atoms with van der Waals surface area (Å²) in [6, 6.07) is 0. The van der Waals surface area contributed by atoms with Crippen LogP contribution in [-0.4, -0.2) is 87.2 Å². The van der Waals surface area contributed by atoms with Gasteiger partial charge in [-0.1, -0.05) is 0 Å². The molecule has 116 valence electrons. The van der Waals surface area contributed by atoms with Gasteiger partial charge in [0.25, 0.3) is 0 Å². The zero-order valence-corrected chi connectivity index (χ0v) is 13.2. The van der Waals surface area contributed by atoms with Gasteiger partial charge in [0.1, 0.15) is 0 Å². The van der Waals surface area contributed by atoms with Crippen molar-refractivity contribution in [3.05, 3.63) is 0 Å². The summed E-state index contributed by atoms with van der Waals surface area (Å²) in [5, 5.41) is 3.46. The standard InChI is InChI=1S/C16H32N4/c1-18-8-4-16(11-18)14-20-7-2-3-15(13-20)12-19-9-5-17-6-10-19/h15-17H,2-14H2,1H3. The van der Waals surface area contributed by atoms with Crippen molar-refractivity contribution in [2.75, 3.05) is 72.5 Å². The second kappa shape index (κ2) is 7.21. The van der Waals surface area contributed by atoms with Crippen LogP contribution < -0.4 is 5.32 Å². The van der Waals surface area contributed by atoms with Gasteiger partial charge >= 0.3 is 0 Å². The van der Waals surface area contributed by atoms with Crippen molar-refractivity contribution in [2.24, 2.45) is 11.8 Å². The van der Waals surface area contributed by atoms with Crippen molar-refractivity contribution in [2.45, 2.75) is 19.3 Å². The fourth-order valence-corrected chi connectivity index (χ4v) is 4.27. The first-order valence-corrected chi connectivity index (χ1v) is 8.63. The van der Waals surface area contributed by atoms with Crippen LogP contribution in [0.5, 0.6) is 0 Å². The predicted octanol–water partition coefficient (Wildman–Crippen LogP) is 0.555. The highest BCUT2D eigenvalue weighted by atomic mass is 15.2. The fourth-order valence-electron chi connectivity index (χ4n) is 4.27. The van der Waals surface area contributed by atoms with Crippen LogP contribution in [0.25, 0.3) is 0 Å². The Morgan fingerprint density at radius 3 is 2.35 bits per heavy atom. The third-order valence-electron chi connectivity index (χ3n) is 5.33. The molecule has 0 radical (unpaired) electrons. The number of hydrogen-bond donors (Lipinski definition) is 1. The van der Waals surface area contributed by atoms with Gasteiger partial charge in [-0.3, -0.25) is 0 Å². The summed E-state index contributed by atoms with van der Waals surface area (Å²) in [6.07, 6.45) is 4.28. The van der Waals surface area contributed by atoms with Gasteiger partial charge in [0.05, 0.1) is 0 Å². The fraction of sp³-hybridized carbons (Fsp3) is 1.00. The Bertz CT molecular complexity index is 277. The number of nitrogens with zero attached hydrogens (tertiary/aromatic N) is 3. The maximum atomic E-state index is 3.46. The van der Waals surface area contributed by atoms with Crippen molar-refractivity contribution in [3.8, 4) is 0 Å². The van der Waals surface area contributed by atoms with Crippen LogP contribution in [0.4, 0.5) is 0 Å². The molecule has 0 aromatic rings. The molecule has 2 unspecified atom stereocenters. The normalized spacial score (nSPS) is 34.6. The molecule has 2 atom stereocenters. The molecule has 20 heavy (non-hydrogen) atoms. The Morgan fingerprint density at radius 1 is 0.850 bits per heavy atom. The molecule has 4 nitrogen and oxygen atoms in total. The highest BCUT2D eigenvalue weighted by molar-refractivity contribution is 4.81. The number of piperazine rings is 1. The van der Waals surface area contributed by atoms with E-state index in [2.05, 4.69) is 27.1 Å². The van der Waals surface area contributed by atoms with Gasteiger partial charge in [-0.15, -0.1) is 0 Å². The van der Waals surface area contributed by atoms with Crippen LogP contribution in [-0.2, 0) is 0 Å². The summed E-state index contributed by atoms with van der Waals surface area (Å²) >= 11 is 0. The Balaban J connectivity index is 1.41. The third kappa shape index (κ3) is 4.17. The largest absolute Gasteiger partial charge is 0.314 e. The van der Waals surface area contributed by atoms with E-state index in [0.29, 0.717) is 0 Å². The van der Waals surface area contributed by atoms with Gasteiger partial charge < -0.3 is 20.0 Å². The van der Waals surface area contributed by atoms with Gasteiger partial charge in [-0.2, -0.15) is 0 Å². The first-order valence-electron chi connectivity index (χ1n) is 8.63. The van der Waals surface area contributed by atoms with E-state index in [4.69, 9.17) is 0 Å². The first-order chi connectivity index (χ1) is 9.79. The molecular weight excluding hydrogens is 248 g/mol. The molecule has 3 fully saturated rings. The van der Waals surface area contributed by atoms with E-state index in [1.165, 1.54) is 84.7 Å². The maximum absolute atomic E-state index is 3.46. The topological polar surface area (TPSA) is 21.8 Å². The molecule has 0 aromatic carbocycles. The molecule has 3 aliphatic heterocycles. The van der Waals surface area contributed by atoms with E-state index in [1.54, 1.807) is 0 Å². The van der Waals surface area contributed by atoms with E-state index in [-0.39, 0.29) is 0 Å². The molecule has 3 rings (SSSR count). The SMILES string of the molecule is CN1CCC(CN2CCCC(CN3CCNCC3)C2)C1. The van der Waals surface area contributed by atoms with Crippen molar-refractivity contribution in [1.82, 2.24) is 20.0 Å². The van der Waals surface area contributed by atoms with Gasteiger partial charge in [0.15, 0.2) is 0 Å². The minimum Gasteiger partial charge on any atom is -0.314 e. The van der Waals surface area contributed by atoms with Crippen LogP contribution in [0.3, 0.4) is 0 Å². The van der Waals surface area contributed by atoms with E-state index < -0.39 is 0 Å². The average Bonchev–Trinajstić information content (AvgIpc) is 2.86. The van der Waals surface area contributed by atoms with Crippen molar-refractivity contribution in [3.63, 3.8) is 0 Å². The molecular formula is C16H32N4. The van der Waals surface area contributed by atoms with E-state index in [9.17, 15) is 0 Å². The van der Waals surface area contributed by atoms with Crippen molar-refractivity contribution < 1.29 is 0 Å². The molecule has 0 spiro atoms. The molecule has 1 N–H and O–H groups in total. The van der Waals surface area contributed by atoms with Crippen LogP contribution in [0.15, 0.2) is 0 Å². The van der Waals surface area contributed by atoms with Crippen LogP contribution >= 0.6 is 0 Å². The highest BCUT2D eigenvalue weighted by Gasteiger charge is 2.26. The Morgan fingerprint density at radius 2 is 1.60 bits per heavy atom. The molecule has 3 heterocycles. The highest BCUT2D eigenvalue weighted by Crippen LogP contribution is 2.22. The van der Waals surface area contributed by atoms with Crippen molar-refractivity contribution >= 4 is 0 Å². The quantitative estimate of drug-likeness (QED) is 0.812. The predicted molar refractivity (Wildman–Crippen MR) is 84.1 cm³/mol. The van der Waals surface area contributed by atoms with E-state index >= 15 is 0 Å². The minimum atomic E-state index is 0.918. The monoisotopic (exact) mass is 280 g/mol. The minimum absolute atomic E-state index is 0.918. The average molecular weight is 280 g/mol. The third-order valence-corrected chi connectivity index (χ3v) is 5.33. The maximum Gasteiger partial charge on any atom is 0.0107 e. The van der Waals surface area contributed by atoms with E-state index in [1.807, 2.05) is 0 Å². The Kier molecular flexibility index (Phi) is 5.32. The van der Waals surface area contributed by atoms with Gasteiger partial charge in [0.2, 0.25) is 0 Å². The summed E-state index contributed by atoms with van der Waals surface area (Å²) in [5.41, 5.74) is 0. The van der Waals surface area contributed by atoms with Crippen LogP contribution in [0.2, 0.25) is 0 Å². The lowest BCUT2D eigenvalue weighted by atomic mass is 9.96. The lowest BCUT2D eigenvalue weighted by Crippen LogP contribution is -2.48. The Hall–Kier alpha value is -0.160. The Labute approximate surface area is 124 Å². The molecule has 0 bridgehead atoms. The second-order valence-corrected chi connectivity index (χ2v) is 7.24. The molecule has 4 heteroatoms. The molecule has 3 aliphatic rings. The summed E-state index contributed by atoms with van der Waals surface area (Å²) < 4.78 is 0. The summed E-state index contributed by atoms with van der Waals surface area (Å²) in [7, 11) is 2.27. The van der Waals surface area contributed by atoms with Crippen LogP contribution in [0.1, 0.15) is 19.3 Å². The van der Waals surface area contributed by atoms with Crippen LogP contribution in [0, 0.1) is 11.8 Å². The van der Waals surface area contributed by atoms with Gasteiger partial charge in [-0.05, 0) is 51.2 Å². The zero-order valence-electron chi connectivity index (χ0n) is 13.2.